The molecule has 0 aliphatic heterocycles. The van der Waals surface area contributed by atoms with Gasteiger partial charge in [0.2, 0.25) is 0 Å². The normalized spacial score (nSPS) is 11.8. The summed E-state index contributed by atoms with van der Waals surface area (Å²) in [4.78, 5) is 0. The third-order valence-electron chi connectivity index (χ3n) is 2.18. The first-order valence-corrected chi connectivity index (χ1v) is 6.53. The van der Waals surface area contributed by atoms with Crippen LogP contribution in [0.15, 0.2) is 6.20 Å². The Morgan fingerprint density at radius 3 is 2.50 bits per heavy atom. The summed E-state index contributed by atoms with van der Waals surface area (Å²) in [6, 6.07) is 0. The van der Waals surface area contributed by atoms with Crippen LogP contribution in [0.2, 0.25) is 0 Å². The van der Waals surface area contributed by atoms with Gasteiger partial charge in [0.15, 0.2) is 0 Å². The minimum atomic E-state index is -3.84. The Kier molecular flexibility index (Phi) is 4.13. The highest BCUT2D eigenvalue weighted by atomic mass is 32.2. The summed E-state index contributed by atoms with van der Waals surface area (Å²) in [5.74, 6) is 0.221. The second-order valence-corrected chi connectivity index (χ2v) is 5.13. The standard InChI is InChI=1S/C8H16N4O3S/c9-7-6-11-12(8(7)10)4-2-1-3-5-16(13,14)15/h6H,1-5,9-10H2,(H,13,14,15). The van der Waals surface area contributed by atoms with E-state index in [0.29, 0.717) is 30.9 Å². The molecule has 0 aliphatic carbocycles. The number of nitrogens with zero attached hydrogens (tertiary/aromatic N) is 2. The molecule has 0 radical (unpaired) electrons. The van der Waals surface area contributed by atoms with Crippen molar-refractivity contribution in [1.29, 1.82) is 0 Å². The van der Waals surface area contributed by atoms with Crippen molar-refractivity contribution in [3.8, 4) is 0 Å². The fraction of sp³-hybridized carbons (Fsp3) is 0.625. The molecule has 0 aliphatic rings. The molecule has 0 bridgehead atoms. The van der Waals surface area contributed by atoms with Gasteiger partial charge in [-0.1, -0.05) is 6.42 Å². The first-order chi connectivity index (χ1) is 7.40. The van der Waals surface area contributed by atoms with Crippen molar-refractivity contribution >= 4 is 21.6 Å². The number of nitrogen functional groups attached to an aromatic ring is 2. The van der Waals surface area contributed by atoms with Crippen molar-refractivity contribution in [2.45, 2.75) is 25.8 Å². The third kappa shape index (κ3) is 4.07. The summed E-state index contributed by atoms with van der Waals surface area (Å²) in [5, 5.41) is 3.96. The second kappa shape index (κ2) is 5.17. The maximum atomic E-state index is 10.4. The molecule has 0 saturated carbocycles. The van der Waals surface area contributed by atoms with Gasteiger partial charge < -0.3 is 11.5 Å². The first kappa shape index (κ1) is 12.8. The van der Waals surface area contributed by atoms with E-state index in [-0.39, 0.29) is 5.75 Å². The molecule has 0 amide bonds. The van der Waals surface area contributed by atoms with Crippen LogP contribution in [-0.4, -0.2) is 28.5 Å². The van der Waals surface area contributed by atoms with E-state index in [1.54, 1.807) is 4.68 Å². The molecule has 0 saturated heterocycles. The van der Waals surface area contributed by atoms with Crippen LogP contribution in [0.25, 0.3) is 0 Å². The van der Waals surface area contributed by atoms with Gasteiger partial charge in [0, 0.05) is 6.54 Å². The highest BCUT2D eigenvalue weighted by molar-refractivity contribution is 7.85. The van der Waals surface area contributed by atoms with E-state index in [4.69, 9.17) is 16.0 Å². The molecule has 0 aromatic carbocycles. The molecule has 0 spiro atoms. The van der Waals surface area contributed by atoms with Crippen LogP contribution in [0.1, 0.15) is 19.3 Å². The number of unbranched alkanes of at least 4 members (excludes halogenated alkanes) is 2. The third-order valence-corrected chi connectivity index (χ3v) is 2.99. The van der Waals surface area contributed by atoms with E-state index in [0.717, 1.165) is 6.42 Å². The maximum Gasteiger partial charge on any atom is 0.264 e. The summed E-state index contributed by atoms with van der Waals surface area (Å²) >= 11 is 0. The Hall–Kier alpha value is -1.28. The fourth-order valence-electron chi connectivity index (χ4n) is 1.31. The monoisotopic (exact) mass is 248 g/mol. The zero-order valence-corrected chi connectivity index (χ0v) is 9.65. The number of anilines is 2. The molecule has 0 unspecified atom stereocenters. The lowest BCUT2D eigenvalue weighted by Gasteiger charge is -2.03. The SMILES string of the molecule is Nc1cnn(CCCCCS(=O)(=O)O)c1N. The molecule has 16 heavy (non-hydrogen) atoms. The molecule has 0 fully saturated rings. The molecular weight excluding hydrogens is 232 g/mol. The minimum Gasteiger partial charge on any atom is -0.394 e. The minimum absolute atomic E-state index is 0.205. The molecule has 8 heteroatoms. The van der Waals surface area contributed by atoms with Crippen LogP contribution in [-0.2, 0) is 16.7 Å². The summed E-state index contributed by atoms with van der Waals surface area (Å²) < 4.78 is 30.9. The second-order valence-electron chi connectivity index (χ2n) is 3.55. The lowest BCUT2D eigenvalue weighted by Crippen LogP contribution is -2.07. The number of nitrogens with two attached hydrogens (primary N) is 2. The van der Waals surface area contributed by atoms with Gasteiger partial charge in [-0.15, -0.1) is 0 Å². The summed E-state index contributed by atoms with van der Waals surface area (Å²) in [7, 11) is -3.84. The van der Waals surface area contributed by atoms with E-state index in [1.165, 1.54) is 6.20 Å². The van der Waals surface area contributed by atoms with Crippen molar-refractivity contribution in [2.24, 2.45) is 0 Å². The zero-order valence-electron chi connectivity index (χ0n) is 8.83. The lowest BCUT2D eigenvalue weighted by atomic mass is 10.2. The quantitative estimate of drug-likeness (QED) is 0.484. The highest BCUT2D eigenvalue weighted by Gasteiger charge is 2.05. The molecule has 7 nitrogen and oxygen atoms in total. The first-order valence-electron chi connectivity index (χ1n) is 4.92. The number of hydrogen-bond acceptors (Lipinski definition) is 5. The Bertz CT molecular complexity index is 440. The van der Waals surface area contributed by atoms with Gasteiger partial charge in [-0.2, -0.15) is 13.5 Å². The maximum absolute atomic E-state index is 10.4. The summed E-state index contributed by atoms with van der Waals surface area (Å²) in [5.41, 5.74) is 11.6. The van der Waals surface area contributed by atoms with E-state index in [2.05, 4.69) is 5.10 Å². The number of hydrogen-bond donors (Lipinski definition) is 3. The smallest absolute Gasteiger partial charge is 0.264 e. The molecule has 0 atom stereocenters. The molecule has 1 rings (SSSR count). The van der Waals surface area contributed by atoms with E-state index in [1.807, 2.05) is 0 Å². The van der Waals surface area contributed by atoms with Crippen LogP contribution in [0.4, 0.5) is 11.5 Å². The van der Waals surface area contributed by atoms with E-state index in [9.17, 15) is 8.42 Å². The van der Waals surface area contributed by atoms with Gasteiger partial charge in [0.05, 0.1) is 17.6 Å². The van der Waals surface area contributed by atoms with Crippen LogP contribution < -0.4 is 11.5 Å². The molecule has 92 valence electrons. The van der Waals surface area contributed by atoms with Crippen molar-refractivity contribution < 1.29 is 13.0 Å². The number of aryl methyl sites for hydroxylation is 1. The Morgan fingerprint density at radius 2 is 2.00 bits per heavy atom. The highest BCUT2D eigenvalue weighted by Crippen LogP contribution is 2.13. The van der Waals surface area contributed by atoms with E-state index >= 15 is 0 Å². The van der Waals surface area contributed by atoms with Crippen LogP contribution in [0.3, 0.4) is 0 Å². The molecule has 5 N–H and O–H groups in total. The molecule has 1 heterocycles. The zero-order chi connectivity index (χ0) is 12.2. The largest absolute Gasteiger partial charge is 0.394 e. The van der Waals surface area contributed by atoms with Gasteiger partial charge in [0.1, 0.15) is 5.82 Å². The number of aromatic nitrogens is 2. The van der Waals surface area contributed by atoms with Gasteiger partial charge in [-0.3, -0.25) is 4.55 Å². The van der Waals surface area contributed by atoms with Crippen molar-refractivity contribution in [3.63, 3.8) is 0 Å². The van der Waals surface area contributed by atoms with Crippen LogP contribution in [0, 0.1) is 0 Å². The summed E-state index contributed by atoms with van der Waals surface area (Å²) in [6.45, 7) is 0.592. The average Bonchev–Trinajstić information content (AvgIpc) is 2.47. The predicted octanol–water partition coefficient (Wildman–Crippen LogP) is 0.106. The van der Waals surface area contributed by atoms with E-state index < -0.39 is 10.1 Å². The molecular formula is C8H16N4O3S. The van der Waals surface area contributed by atoms with Crippen molar-refractivity contribution in [3.05, 3.63) is 6.20 Å². The van der Waals surface area contributed by atoms with Crippen molar-refractivity contribution in [1.82, 2.24) is 9.78 Å². The lowest BCUT2D eigenvalue weighted by molar-refractivity contribution is 0.477. The van der Waals surface area contributed by atoms with Crippen LogP contribution in [0.5, 0.6) is 0 Å². The Labute approximate surface area is 94.2 Å². The topological polar surface area (TPSA) is 124 Å². The van der Waals surface area contributed by atoms with Crippen molar-refractivity contribution in [2.75, 3.05) is 17.2 Å². The Morgan fingerprint density at radius 1 is 1.31 bits per heavy atom. The molecule has 1 aromatic rings. The Balaban J connectivity index is 2.24. The van der Waals surface area contributed by atoms with Gasteiger partial charge in [-0.25, -0.2) is 4.68 Å². The van der Waals surface area contributed by atoms with Crippen LogP contribution >= 0.6 is 0 Å². The van der Waals surface area contributed by atoms with Gasteiger partial charge in [0.25, 0.3) is 10.1 Å². The summed E-state index contributed by atoms with van der Waals surface area (Å²) in [6.07, 6.45) is 3.32. The van der Waals surface area contributed by atoms with Gasteiger partial charge >= 0.3 is 0 Å². The molecule has 1 aromatic heterocycles. The fourth-order valence-corrected chi connectivity index (χ4v) is 1.88. The average molecular weight is 248 g/mol. The van der Waals surface area contributed by atoms with Gasteiger partial charge in [-0.05, 0) is 12.8 Å². The number of rotatable bonds is 6. The predicted molar refractivity (Wildman–Crippen MR) is 61.3 cm³/mol.